The lowest BCUT2D eigenvalue weighted by atomic mass is 10.2. The average Bonchev–Trinajstić information content (AvgIpc) is 2.76. The van der Waals surface area contributed by atoms with E-state index in [4.69, 9.17) is 5.26 Å². The van der Waals surface area contributed by atoms with Gasteiger partial charge in [0.1, 0.15) is 0 Å². The van der Waals surface area contributed by atoms with E-state index in [1.807, 2.05) is 13.0 Å². The highest BCUT2D eigenvalue weighted by molar-refractivity contribution is 7.09. The molecule has 1 N–H and O–H groups in total. The van der Waals surface area contributed by atoms with Crippen molar-refractivity contribution in [3.63, 3.8) is 0 Å². The third-order valence-corrected chi connectivity index (χ3v) is 3.40. The van der Waals surface area contributed by atoms with Crippen LogP contribution in [0.5, 0.6) is 0 Å². The molecule has 4 nitrogen and oxygen atoms in total. The van der Waals surface area contributed by atoms with Gasteiger partial charge in [0.25, 0.3) is 0 Å². The average molecular weight is 257 g/mol. The van der Waals surface area contributed by atoms with Gasteiger partial charge in [0, 0.05) is 10.6 Å². The van der Waals surface area contributed by atoms with Gasteiger partial charge < -0.3 is 5.32 Å². The Labute approximate surface area is 109 Å². The Balaban J connectivity index is 1.99. The van der Waals surface area contributed by atoms with E-state index in [-0.39, 0.29) is 5.91 Å². The third kappa shape index (κ3) is 2.93. The summed E-state index contributed by atoms with van der Waals surface area (Å²) in [6.07, 6.45) is 0.330. The lowest BCUT2D eigenvalue weighted by Gasteiger charge is -2.04. The van der Waals surface area contributed by atoms with E-state index >= 15 is 0 Å². The Morgan fingerprint density at radius 3 is 2.72 bits per heavy atom. The quantitative estimate of drug-likeness (QED) is 0.918. The topological polar surface area (TPSA) is 65.8 Å². The minimum atomic E-state index is -0.0768. The van der Waals surface area contributed by atoms with Crippen molar-refractivity contribution in [1.82, 2.24) is 4.98 Å². The van der Waals surface area contributed by atoms with Crippen LogP contribution in [-0.2, 0) is 11.2 Å². The van der Waals surface area contributed by atoms with Crippen LogP contribution in [0.4, 0.5) is 5.69 Å². The molecule has 1 aromatic carbocycles. The molecule has 18 heavy (non-hydrogen) atoms. The van der Waals surface area contributed by atoms with Crippen LogP contribution < -0.4 is 5.32 Å². The molecule has 0 atom stereocenters. The number of nitrogens with one attached hydrogen (secondary N) is 1. The molecule has 0 aliphatic heterocycles. The van der Waals surface area contributed by atoms with Crippen molar-refractivity contribution in [2.75, 3.05) is 5.32 Å². The molecule has 0 saturated carbocycles. The van der Waals surface area contributed by atoms with E-state index in [9.17, 15) is 4.79 Å². The van der Waals surface area contributed by atoms with Crippen molar-refractivity contribution in [2.45, 2.75) is 13.3 Å². The predicted molar refractivity (Wildman–Crippen MR) is 70.3 cm³/mol. The minimum Gasteiger partial charge on any atom is -0.326 e. The molecule has 1 aromatic heterocycles. The molecule has 90 valence electrons. The van der Waals surface area contributed by atoms with Gasteiger partial charge in [-0.1, -0.05) is 0 Å². The number of benzene rings is 1. The first kappa shape index (κ1) is 12.3. The van der Waals surface area contributed by atoms with Gasteiger partial charge in [-0.25, -0.2) is 4.98 Å². The van der Waals surface area contributed by atoms with E-state index in [0.29, 0.717) is 17.7 Å². The number of nitrogens with zero attached hydrogens (tertiary/aromatic N) is 2. The third-order valence-electron chi connectivity index (χ3n) is 2.46. The largest absolute Gasteiger partial charge is 0.326 e. The van der Waals surface area contributed by atoms with Crippen molar-refractivity contribution in [2.24, 2.45) is 0 Å². The second-order valence-electron chi connectivity index (χ2n) is 3.78. The Hall–Kier alpha value is -2.19. The smallest absolute Gasteiger partial charge is 0.229 e. The summed E-state index contributed by atoms with van der Waals surface area (Å²) < 4.78 is 0. The fraction of sp³-hybridized carbons (Fsp3) is 0.154. The Morgan fingerprint density at radius 2 is 2.17 bits per heavy atom. The minimum absolute atomic E-state index is 0.0768. The maximum atomic E-state index is 11.8. The molecule has 0 aliphatic rings. The van der Waals surface area contributed by atoms with Gasteiger partial charge >= 0.3 is 0 Å². The molecular formula is C13H11N3OS. The lowest BCUT2D eigenvalue weighted by molar-refractivity contribution is -0.115. The monoisotopic (exact) mass is 257 g/mol. The second kappa shape index (κ2) is 5.43. The number of aromatic nitrogens is 1. The molecule has 0 saturated heterocycles. The van der Waals surface area contributed by atoms with Crippen LogP contribution in [-0.4, -0.2) is 10.9 Å². The first-order valence-corrected chi connectivity index (χ1v) is 6.26. The van der Waals surface area contributed by atoms with E-state index in [1.165, 1.54) is 11.3 Å². The maximum Gasteiger partial charge on any atom is 0.229 e. The molecule has 0 aliphatic carbocycles. The van der Waals surface area contributed by atoms with Crippen molar-refractivity contribution in [3.05, 3.63) is 45.9 Å². The molecule has 2 rings (SSSR count). The fourth-order valence-corrected chi connectivity index (χ4v) is 2.25. The Kier molecular flexibility index (Phi) is 3.70. The molecule has 2 aromatic rings. The van der Waals surface area contributed by atoms with Crippen molar-refractivity contribution < 1.29 is 4.79 Å². The molecular weight excluding hydrogens is 246 g/mol. The number of carbonyl (C=O) groups is 1. The highest BCUT2D eigenvalue weighted by Crippen LogP contribution is 2.14. The van der Waals surface area contributed by atoms with Gasteiger partial charge in [-0.05, 0) is 31.2 Å². The predicted octanol–water partition coefficient (Wildman–Crippen LogP) is 2.50. The molecule has 0 bridgehead atoms. The SMILES string of the molecule is Cc1ncsc1CC(=O)Nc1ccc(C#N)cc1. The second-order valence-corrected chi connectivity index (χ2v) is 4.71. The highest BCUT2D eigenvalue weighted by Gasteiger charge is 2.08. The summed E-state index contributed by atoms with van der Waals surface area (Å²) in [4.78, 5) is 16.9. The molecule has 0 fully saturated rings. The molecule has 1 amide bonds. The van der Waals surface area contributed by atoms with E-state index in [1.54, 1.807) is 29.8 Å². The standard InChI is InChI=1S/C13H11N3OS/c1-9-12(18-8-15-9)6-13(17)16-11-4-2-10(7-14)3-5-11/h2-5,8H,6H2,1H3,(H,16,17). The normalized spacial score (nSPS) is 9.78. The molecule has 0 unspecified atom stereocenters. The zero-order chi connectivity index (χ0) is 13.0. The van der Waals surface area contributed by atoms with Crippen molar-refractivity contribution in [3.8, 4) is 6.07 Å². The van der Waals surface area contributed by atoms with Crippen LogP contribution in [0.2, 0.25) is 0 Å². The van der Waals surface area contributed by atoms with Gasteiger partial charge in [-0.3, -0.25) is 4.79 Å². The summed E-state index contributed by atoms with van der Waals surface area (Å²) in [5, 5.41) is 11.5. The number of carbonyl (C=O) groups excluding carboxylic acids is 1. The van der Waals surface area contributed by atoms with Crippen molar-refractivity contribution >= 4 is 22.9 Å². The van der Waals surface area contributed by atoms with Crippen LogP contribution in [0.25, 0.3) is 0 Å². The summed E-state index contributed by atoms with van der Waals surface area (Å²) in [7, 11) is 0. The Bertz CT molecular complexity index is 595. The zero-order valence-corrected chi connectivity index (χ0v) is 10.6. The number of hydrogen-bond donors (Lipinski definition) is 1. The summed E-state index contributed by atoms with van der Waals surface area (Å²) in [5.41, 5.74) is 3.90. The highest BCUT2D eigenvalue weighted by atomic mass is 32.1. The lowest BCUT2D eigenvalue weighted by Crippen LogP contribution is -2.14. The van der Waals surface area contributed by atoms with Gasteiger partial charge in [-0.2, -0.15) is 5.26 Å². The summed E-state index contributed by atoms with van der Waals surface area (Å²) in [6, 6.07) is 8.82. The number of aryl methyl sites for hydroxylation is 1. The van der Waals surface area contributed by atoms with Crippen LogP contribution in [0.15, 0.2) is 29.8 Å². The number of thiazole rings is 1. The zero-order valence-electron chi connectivity index (χ0n) is 9.80. The summed E-state index contributed by atoms with van der Waals surface area (Å²) in [5.74, 6) is -0.0768. The van der Waals surface area contributed by atoms with E-state index in [2.05, 4.69) is 10.3 Å². The first-order chi connectivity index (χ1) is 8.69. The number of rotatable bonds is 3. The number of nitriles is 1. The van der Waals surface area contributed by atoms with Crippen LogP contribution in [0.3, 0.4) is 0 Å². The van der Waals surface area contributed by atoms with Gasteiger partial charge in [0.15, 0.2) is 0 Å². The number of hydrogen-bond acceptors (Lipinski definition) is 4. The number of amides is 1. The fourth-order valence-electron chi connectivity index (χ4n) is 1.47. The van der Waals surface area contributed by atoms with Crippen molar-refractivity contribution in [1.29, 1.82) is 5.26 Å². The van der Waals surface area contributed by atoms with Gasteiger partial charge in [0.05, 0.1) is 29.3 Å². The molecule has 1 heterocycles. The van der Waals surface area contributed by atoms with Crippen LogP contribution in [0.1, 0.15) is 16.1 Å². The molecule has 0 radical (unpaired) electrons. The number of anilines is 1. The first-order valence-electron chi connectivity index (χ1n) is 5.38. The molecule has 0 spiro atoms. The van der Waals surface area contributed by atoms with E-state index in [0.717, 1.165) is 10.6 Å². The van der Waals surface area contributed by atoms with Crippen LogP contribution >= 0.6 is 11.3 Å². The maximum absolute atomic E-state index is 11.8. The van der Waals surface area contributed by atoms with Gasteiger partial charge in [-0.15, -0.1) is 11.3 Å². The van der Waals surface area contributed by atoms with Gasteiger partial charge in [0.2, 0.25) is 5.91 Å². The summed E-state index contributed by atoms with van der Waals surface area (Å²) in [6.45, 7) is 1.89. The summed E-state index contributed by atoms with van der Waals surface area (Å²) >= 11 is 1.48. The van der Waals surface area contributed by atoms with E-state index < -0.39 is 0 Å². The molecule has 5 heteroatoms. The Morgan fingerprint density at radius 1 is 1.44 bits per heavy atom. The van der Waals surface area contributed by atoms with Crippen LogP contribution in [0, 0.1) is 18.3 Å².